The van der Waals surface area contributed by atoms with Crippen molar-refractivity contribution in [2.45, 2.75) is 111 Å². The van der Waals surface area contributed by atoms with Crippen molar-refractivity contribution in [1.29, 1.82) is 0 Å². The van der Waals surface area contributed by atoms with E-state index in [2.05, 4.69) is 69.2 Å². The fraction of sp³-hybridized carbons (Fsp3) is 0.714. The summed E-state index contributed by atoms with van der Waals surface area (Å²) in [6, 6.07) is 10.3. The van der Waals surface area contributed by atoms with Crippen LogP contribution in [0.3, 0.4) is 0 Å². The van der Waals surface area contributed by atoms with Crippen molar-refractivity contribution in [3.63, 3.8) is 0 Å². The van der Waals surface area contributed by atoms with Crippen molar-refractivity contribution in [3.05, 3.63) is 29.8 Å². The van der Waals surface area contributed by atoms with Crippen LogP contribution < -0.4 is 9.44 Å². The first-order valence-corrected chi connectivity index (χ1v) is 24.9. The van der Waals surface area contributed by atoms with E-state index in [9.17, 15) is 0 Å². The summed E-state index contributed by atoms with van der Waals surface area (Å²) in [6.07, 6.45) is 9.04. The van der Waals surface area contributed by atoms with Crippen LogP contribution in [0.15, 0.2) is 24.3 Å². The van der Waals surface area contributed by atoms with Crippen LogP contribution >= 0.6 is 0 Å². The van der Waals surface area contributed by atoms with Gasteiger partial charge in [-0.25, -0.2) is 0 Å². The van der Waals surface area contributed by atoms with Crippen LogP contribution in [0.1, 0.15) is 64.9 Å². The molecule has 1 aromatic heterocycles. The number of unbranched alkanes of at least 4 members (excludes halogenated alkanes) is 3. The summed E-state index contributed by atoms with van der Waals surface area (Å²) >= 11 is -2.69. The van der Waals surface area contributed by atoms with Crippen molar-refractivity contribution in [3.8, 4) is 0 Å². The predicted octanol–water partition coefficient (Wildman–Crippen LogP) is 7.51. The van der Waals surface area contributed by atoms with Crippen molar-refractivity contribution in [2.75, 3.05) is 13.2 Å². The number of rotatable bonds is 17. The molecule has 3 nitrogen and oxygen atoms in total. The van der Waals surface area contributed by atoms with Gasteiger partial charge in [0.2, 0.25) is 0 Å². The molecule has 33 heavy (non-hydrogen) atoms. The maximum atomic E-state index is 6.44. The molecular weight excluding hydrogens is 527 g/mol. The average Bonchev–Trinajstić information content (AvgIpc) is 3.10. The molecule has 0 radical (unpaired) electrons. The molecule has 1 aromatic carbocycles. The molecule has 0 spiro atoms. The Bertz CT molecular complexity index is 805. The zero-order valence-corrected chi connectivity index (χ0v) is 26.5. The van der Waals surface area contributed by atoms with E-state index in [1.165, 1.54) is 68.8 Å². The number of benzene rings is 1. The van der Waals surface area contributed by atoms with Crippen LogP contribution in [0.5, 0.6) is 0 Å². The van der Waals surface area contributed by atoms with Crippen LogP contribution in [0.25, 0.3) is 10.9 Å². The van der Waals surface area contributed by atoms with Crippen LogP contribution in [-0.4, -0.2) is 44.2 Å². The molecule has 2 rings (SSSR count). The second kappa shape index (κ2) is 14.3. The van der Waals surface area contributed by atoms with E-state index in [1.54, 1.807) is 9.27 Å². The normalized spacial score (nSPS) is 12.7. The van der Waals surface area contributed by atoms with Crippen LogP contribution in [-0.2, 0) is 17.9 Å². The van der Waals surface area contributed by atoms with Crippen LogP contribution in [0, 0.1) is 0 Å². The predicted molar refractivity (Wildman–Crippen MR) is 153 cm³/mol. The number of fused-ring (bicyclic) bond motifs is 1. The third-order valence-electron chi connectivity index (χ3n) is 7.22. The second-order valence-corrected chi connectivity index (χ2v) is 29.8. The fourth-order valence-electron chi connectivity index (χ4n) is 5.32. The number of hydrogen-bond donors (Lipinski definition) is 1. The summed E-state index contributed by atoms with van der Waals surface area (Å²) in [5, 5.41) is 1.44. The van der Waals surface area contributed by atoms with Gasteiger partial charge < -0.3 is 0 Å². The molecule has 0 unspecified atom stereocenters. The number of ether oxygens (including phenoxy) is 1. The zero-order valence-electron chi connectivity index (χ0n) is 22.6. The third-order valence-corrected chi connectivity index (χ3v) is 24.6. The molecule has 0 bridgehead atoms. The van der Waals surface area contributed by atoms with E-state index in [1.807, 2.05) is 0 Å². The molecule has 0 amide bonds. The molecular formula is C28H52N2OSiSn. The molecule has 0 saturated carbocycles. The zero-order chi connectivity index (χ0) is 24.3. The van der Waals surface area contributed by atoms with Gasteiger partial charge in [0.25, 0.3) is 0 Å². The second-order valence-electron chi connectivity index (χ2n) is 11.3. The van der Waals surface area contributed by atoms with E-state index in [0.717, 1.165) is 19.6 Å². The van der Waals surface area contributed by atoms with Crippen molar-refractivity contribution >= 4 is 41.1 Å². The summed E-state index contributed by atoms with van der Waals surface area (Å²) in [4.78, 5) is 0. The SMILES string of the molecule is CCC[CH2][Sn]([CH2]CCC)([CH2]CCC)[c]1c(CCN)c2ccccc2n1COCC[Si](C)(C)C. The Hall–Kier alpha value is -0.304. The Morgan fingerprint density at radius 3 is 2.00 bits per heavy atom. The van der Waals surface area contributed by atoms with Gasteiger partial charge in [0, 0.05) is 0 Å². The molecule has 0 fully saturated rings. The average molecular weight is 580 g/mol. The number of nitrogens with zero attached hydrogens (tertiary/aromatic N) is 1. The molecule has 2 N–H and O–H groups in total. The quantitative estimate of drug-likeness (QED) is 0.156. The summed E-state index contributed by atoms with van der Waals surface area (Å²) in [7, 11) is -1.10. The molecule has 0 aliphatic carbocycles. The van der Waals surface area contributed by atoms with Crippen molar-refractivity contribution < 1.29 is 4.74 Å². The van der Waals surface area contributed by atoms with Gasteiger partial charge in [-0.05, 0) is 0 Å². The Kier molecular flexibility index (Phi) is 12.5. The monoisotopic (exact) mass is 580 g/mol. The van der Waals surface area contributed by atoms with E-state index >= 15 is 0 Å². The topological polar surface area (TPSA) is 40.2 Å². The standard InChI is InChI=1S/C16H25N2OSi.3C4H9.Sn/c1-20(2,3)11-10-19-13-18-12-14(8-9-17)15-6-4-5-7-16(15)18;3*1-3-4-2;/h4-7H,8-11,13,17H2,1-3H3;3*1,3-4H2,2H3;. The number of hydrogen-bond acceptors (Lipinski definition) is 2. The first-order valence-electron chi connectivity index (χ1n) is 13.7. The minimum absolute atomic E-state index is 0.716. The Morgan fingerprint density at radius 1 is 0.909 bits per heavy atom. The number of nitrogens with two attached hydrogens (primary N) is 1. The number of aromatic nitrogens is 1. The number of para-hydroxylation sites is 1. The molecule has 0 aliphatic heterocycles. The molecule has 5 heteroatoms. The summed E-state index contributed by atoms with van der Waals surface area (Å²) in [5.74, 6) is 0. The molecule has 2 aromatic rings. The molecule has 188 valence electrons. The van der Waals surface area contributed by atoms with Crippen molar-refractivity contribution in [1.82, 2.24) is 4.57 Å². The van der Waals surface area contributed by atoms with Crippen LogP contribution in [0.4, 0.5) is 0 Å². The van der Waals surface area contributed by atoms with Gasteiger partial charge in [0.05, 0.1) is 0 Å². The van der Waals surface area contributed by atoms with Gasteiger partial charge in [-0.1, -0.05) is 0 Å². The Morgan fingerprint density at radius 2 is 1.48 bits per heavy atom. The summed E-state index contributed by atoms with van der Waals surface area (Å²) < 4.78 is 15.3. The van der Waals surface area contributed by atoms with Crippen molar-refractivity contribution in [2.24, 2.45) is 5.73 Å². The fourth-order valence-corrected chi connectivity index (χ4v) is 23.8. The van der Waals surface area contributed by atoms with Gasteiger partial charge in [-0.2, -0.15) is 0 Å². The summed E-state index contributed by atoms with van der Waals surface area (Å²) in [6.45, 7) is 16.7. The van der Waals surface area contributed by atoms with E-state index in [4.69, 9.17) is 10.5 Å². The Labute approximate surface area is 209 Å². The summed E-state index contributed by atoms with van der Waals surface area (Å²) in [5.41, 5.74) is 9.20. The van der Waals surface area contributed by atoms with Gasteiger partial charge >= 0.3 is 211 Å². The van der Waals surface area contributed by atoms with E-state index < -0.39 is 26.5 Å². The molecule has 1 heterocycles. The van der Waals surface area contributed by atoms with E-state index in [-0.39, 0.29) is 0 Å². The third kappa shape index (κ3) is 8.11. The molecule has 0 atom stereocenters. The van der Waals surface area contributed by atoms with E-state index in [0.29, 0.717) is 6.73 Å². The van der Waals surface area contributed by atoms with Gasteiger partial charge in [-0.3, -0.25) is 0 Å². The van der Waals surface area contributed by atoms with Crippen LogP contribution in [0.2, 0.25) is 39.0 Å². The first-order chi connectivity index (χ1) is 15.8. The molecule has 0 aliphatic rings. The van der Waals surface area contributed by atoms with Gasteiger partial charge in [0.1, 0.15) is 0 Å². The molecule has 0 saturated heterocycles. The maximum absolute atomic E-state index is 6.44. The Balaban J connectivity index is 2.64. The van der Waals surface area contributed by atoms with Gasteiger partial charge in [0.15, 0.2) is 0 Å². The first kappa shape index (κ1) is 28.9. The van der Waals surface area contributed by atoms with Gasteiger partial charge in [-0.15, -0.1) is 0 Å². The minimum atomic E-state index is -2.69.